The van der Waals surface area contributed by atoms with E-state index in [1.807, 2.05) is 0 Å². The molecule has 1 rings (SSSR count). The van der Waals surface area contributed by atoms with Crippen LogP contribution >= 0.6 is 0 Å². The molecule has 0 saturated heterocycles. The molecule has 1 heterocycles. The van der Waals surface area contributed by atoms with Crippen molar-refractivity contribution < 1.29 is 9.72 Å². The average molecular weight is 266 g/mol. The van der Waals surface area contributed by atoms with Crippen molar-refractivity contribution in [2.45, 2.75) is 20.8 Å². The van der Waals surface area contributed by atoms with Gasteiger partial charge in [0, 0.05) is 25.4 Å². The third-order valence-corrected chi connectivity index (χ3v) is 2.85. The monoisotopic (exact) mass is 266 g/mol. The number of nitrogens with zero attached hydrogens (tertiary/aromatic N) is 2. The Bertz CT molecular complexity index is 500. The number of pyridine rings is 1. The number of amides is 1. The first-order valence-corrected chi connectivity index (χ1v) is 5.85. The zero-order valence-electron chi connectivity index (χ0n) is 11.5. The van der Waals surface area contributed by atoms with Crippen molar-refractivity contribution in [2.24, 2.45) is 5.41 Å². The molecule has 1 aromatic heterocycles. The van der Waals surface area contributed by atoms with Crippen LogP contribution in [-0.2, 0) is 4.79 Å². The van der Waals surface area contributed by atoms with E-state index < -0.39 is 10.3 Å². The van der Waals surface area contributed by atoms with Crippen molar-refractivity contribution in [3.8, 4) is 0 Å². The number of aryl methyl sites for hydroxylation is 1. The lowest BCUT2D eigenvalue weighted by molar-refractivity contribution is -0.384. The van der Waals surface area contributed by atoms with Gasteiger partial charge in [0.05, 0.1) is 10.3 Å². The highest BCUT2D eigenvalue weighted by Gasteiger charge is 2.28. The highest BCUT2D eigenvalue weighted by Crippen LogP contribution is 2.26. The SMILES string of the molecule is CNC(=O)C(C)(C)CNc1nccc(C)c1[N+](=O)[O-]. The molecule has 0 bridgehead atoms. The predicted molar refractivity (Wildman–Crippen MR) is 72.0 cm³/mol. The molecular weight excluding hydrogens is 248 g/mol. The Hall–Kier alpha value is -2.18. The Balaban J connectivity index is 2.93. The van der Waals surface area contributed by atoms with Gasteiger partial charge < -0.3 is 10.6 Å². The minimum atomic E-state index is -0.686. The van der Waals surface area contributed by atoms with Crippen molar-refractivity contribution >= 4 is 17.4 Å². The Morgan fingerprint density at radius 1 is 1.53 bits per heavy atom. The third-order valence-electron chi connectivity index (χ3n) is 2.85. The molecule has 0 aliphatic carbocycles. The van der Waals surface area contributed by atoms with E-state index in [0.29, 0.717) is 5.56 Å². The van der Waals surface area contributed by atoms with Crippen LogP contribution in [-0.4, -0.2) is 29.4 Å². The van der Waals surface area contributed by atoms with Crippen molar-refractivity contribution in [1.82, 2.24) is 10.3 Å². The van der Waals surface area contributed by atoms with Crippen LogP contribution in [0.4, 0.5) is 11.5 Å². The number of anilines is 1. The molecule has 7 heteroatoms. The van der Waals surface area contributed by atoms with E-state index in [9.17, 15) is 14.9 Å². The molecule has 0 spiro atoms. The van der Waals surface area contributed by atoms with E-state index >= 15 is 0 Å². The molecular formula is C12H18N4O3. The van der Waals surface area contributed by atoms with E-state index in [1.54, 1.807) is 33.9 Å². The Labute approximate surface area is 111 Å². The number of rotatable bonds is 5. The van der Waals surface area contributed by atoms with Gasteiger partial charge in [-0.15, -0.1) is 0 Å². The van der Waals surface area contributed by atoms with Gasteiger partial charge in [-0.05, 0) is 26.8 Å². The summed E-state index contributed by atoms with van der Waals surface area (Å²) >= 11 is 0. The zero-order valence-corrected chi connectivity index (χ0v) is 11.5. The average Bonchev–Trinajstić information content (AvgIpc) is 2.34. The van der Waals surface area contributed by atoms with E-state index in [-0.39, 0.29) is 24.0 Å². The predicted octanol–water partition coefficient (Wildman–Crippen LogP) is 1.48. The number of nitro groups is 1. The molecule has 7 nitrogen and oxygen atoms in total. The number of nitrogens with one attached hydrogen (secondary N) is 2. The number of carbonyl (C=O) groups is 1. The molecule has 0 aliphatic rings. The highest BCUT2D eigenvalue weighted by atomic mass is 16.6. The fourth-order valence-corrected chi connectivity index (χ4v) is 1.63. The second kappa shape index (κ2) is 5.64. The Morgan fingerprint density at radius 3 is 2.68 bits per heavy atom. The van der Waals surface area contributed by atoms with E-state index in [2.05, 4.69) is 15.6 Å². The second-order valence-corrected chi connectivity index (χ2v) is 4.90. The van der Waals surface area contributed by atoms with Crippen molar-refractivity contribution in [1.29, 1.82) is 0 Å². The Morgan fingerprint density at radius 2 is 2.16 bits per heavy atom. The number of aromatic nitrogens is 1. The summed E-state index contributed by atoms with van der Waals surface area (Å²) in [6.45, 7) is 5.40. The lowest BCUT2D eigenvalue weighted by Gasteiger charge is -2.23. The van der Waals surface area contributed by atoms with Gasteiger partial charge in [-0.2, -0.15) is 0 Å². The molecule has 0 saturated carbocycles. The van der Waals surface area contributed by atoms with Crippen LogP contribution in [0.1, 0.15) is 19.4 Å². The fraction of sp³-hybridized carbons (Fsp3) is 0.500. The van der Waals surface area contributed by atoms with Gasteiger partial charge in [-0.3, -0.25) is 14.9 Å². The first-order chi connectivity index (χ1) is 8.79. The minimum absolute atomic E-state index is 0.0600. The van der Waals surface area contributed by atoms with Crippen molar-refractivity contribution in [3.05, 3.63) is 27.9 Å². The summed E-state index contributed by atoms with van der Waals surface area (Å²) in [5, 5.41) is 16.4. The standard InChI is InChI=1S/C12H18N4O3/c1-8-5-6-14-10(9(8)16(18)19)15-7-12(2,3)11(17)13-4/h5-6H,7H2,1-4H3,(H,13,17)(H,14,15). The van der Waals surface area contributed by atoms with Gasteiger partial charge in [0.1, 0.15) is 0 Å². The lowest BCUT2D eigenvalue weighted by Crippen LogP contribution is -2.39. The van der Waals surface area contributed by atoms with Gasteiger partial charge in [-0.25, -0.2) is 4.98 Å². The minimum Gasteiger partial charge on any atom is -0.363 e. The van der Waals surface area contributed by atoms with E-state index in [4.69, 9.17) is 0 Å². The normalized spacial score (nSPS) is 10.9. The molecule has 0 aromatic carbocycles. The summed E-state index contributed by atoms with van der Waals surface area (Å²) in [4.78, 5) is 26.1. The topological polar surface area (TPSA) is 97.2 Å². The molecule has 0 unspecified atom stereocenters. The molecule has 0 radical (unpaired) electrons. The largest absolute Gasteiger partial charge is 0.363 e. The van der Waals surface area contributed by atoms with Gasteiger partial charge in [0.25, 0.3) is 0 Å². The molecule has 0 fully saturated rings. The smallest absolute Gasteiger partial charge is 0.314 e. The number of hydrogen-bond donors (Lipinski definition) is 2. The van der Waals surface area contributed by atoms with E-state index in [0.717, 1.165) is 0 Å². The molecule has 104 valence electrons. The quantitative estimate of drug-likeness (QED) is 0.621. The van der Waals surface area contributed by atoms with Crippen LogP contribution in [0.2, 0.25) is 0 Å². The molecule has 0 aliphatic heterocycles. The van der Waals surface area contributed by atoms with Crippen LogP contribution in [0.25, 0.3) is 0 Å². The maximum atomic E-state index is 11.6. The lowest BCUT2D eigenvalue weighted by atomic mass is 9.92. The molecule has 19 heavy (non-hydrogen) atoms. The first-order valence-electron chi connectivity index (χ1n) is 5.85. The van der Waals surface area contributed by atoms with Crippen LogP contribution < -0.4 is 10.6 Å². The Kier molecular flexibility index (Phi) is 4.42. The van der Waals surface area contributed by atoms with Crippen LogP contribution in [0.15, 0.2) is 12.3 Å². The van der Waals surface area contributed by atoms with Gasteiger partial charge in [0.2, 0.25) is 11.7 Å². The molecule has 1 aromatic rings. The van der Waals surface area contributed by atoms with Gasteiger partial charge in [0.15, 0.2) is 0 Å². The second-order valence-electron chi connectivity index (χ2n) is 4.90. The summed E-state index contributed by atoms with van der Waals surface area (Å²) in [6, 6.07) is 1.58. The maximum absolute atomic E-state index is 11.6. The summed E-state index contributed by atoms with van der Waals surface area (Å²) in [5.41, 5.74) is -0.218. The van der Waals surface area contributed by atoms with Gasteiger partial charge >= 0.3 is 5.69 Å². The number of carbonyl (C=O) groups excluding carboxylic acids is 1. The highest BCUT2D eigenvalue weighted by molar-refractivity contribution is 5.82. The van der Waals surface area contributed by atoms with Crippen LogP contribution in [0.5, 0.6) is 0 Å². The van der Waals surface area contributed by atoms with E-state index in [1.165, 1.54) is 6.20 Å². The first kappa shape index (κ1) is 14.9. The summed E-state index contributed by atoms with van der Waals surface area (Å²) < 4.78 is 0. The van der Waals surface area contributed by atoms with Crippen LogP contribution in [0, 0.1) is 22.5 Å². The zero-order chi connectivity index (χ0) is 14.6. The van der Waals surface area contributed by atoms with Gasteiger partial charge in [-0.1, -0.05) is 0 Å². The van der Waals surface area contributed by atoms with Crippen LogP contribution in [0.3, 0.4) is 0 Å². The van der Waals surface area contributed by atoms with Crippen molar-refractivity contribution in [3.63, 3.8) is 0 Å². The summed E-state index contributed by atoms with van der Waals surface area (Å²) in [6.07, 6.45) is 1.50. The summed E-state index contributed by atoms with van der Waals surface area (Å²) in [7, 11) is 1.55. The molecule has 2 N–H and O–H groups in total. The maximum Gasteiger partial charge on any atom is 0.314 e. The molecule has 0 atom stereocenters. The summed E-state index contributed by atoms with van der Waals surface area (Å²) in [5.74, 6) is 0.0392. The van der Waals surface area contributed by atoms with Crippen molar-refractivity contribution in [2.75, 3.05) is 18.9 Å². The fourth-order valence-electron chi connectivity index (χ4n) is 1.63. The third kappa shape index (κ3) is 3.40. The number of hydrogen-bond acceptors (Lipinski definition) is 5. The molecule has 1 amide bonds.